The van der Waals surface area contributed by atoms with Gasteiger partial charge in [0.05, 0.1) is 4.47 Å². The van der Waals surface area contributed by atoms with Crippen LogP contribution in [0.2, 0.25) is 0 Å². The Morgan fingerprint density at radius 3 is 2.36 bits per heavy atom. The summed E-state index contributed by atoms with van der Waals surface area (Å²) in [4.78, 5) is 36.5. The maximum absolute atomic E-state index is 12.5. The first-order valence-corrected chi connectivity index (χ1v) is 10.9. The summed E-state index contributed by atoms with van der Waals surface area (Å²) in [7, 11) is 0. The summed E-state index contributed by atoms with van der Waals surface area (Å²) < 4.78 is 16.9. The van der Waals surface area contributed by atoms with Crippen LogP contribution in [0.4, 0.5) is 0 Å². The van der Waals surface area contributed by atoms with Crippen LogP contribution in [-0.2, 0) is 4.79 Å². The SMILES string of the molecule is CC(=O)c1c(OC(=O)COc2ccc(-c3ccccc3)cc2Br)ccc2c(C)cc(=O)oc12. The smallest absolute Gasteiger partial charge is 0.349 e. The van der Waals surface area contributed by atoms with Gasteiger partial charge in [0.25, 0.3) is 0 Å². The number of hydrogen-bond donors (Lipinski definition) is 0. The maximum atomic E-state index is 12.5. The fourth-order valence-electron chi connectivity index (χ4n) is 3.50. The van der Waals surface area contributed by atoms with Gasteiger partial charge in [0.1, 0.15) is 17.1 Å². The topological polar surface area (TPSA) is 82.8 Å². The van der Waals surface area contributed by atoms with E-state index in [2.05, 4.69) is 15.9 Å². The molecule has 1 heterocycles. The molecule has 33 heavy (non-hydrogen) atoms. The van der Waals surface area contributed by atoms with Crippen LogP contribution in [-0.4, -0.2) is 18.4 Å². The number of fused-ring (bicyclic) bond motifs is 1. The van der Waals surface area contributed by atoms with E-state index in [1.165, 1.54) is 19.1 Å². The summed E-state index contributed by atoms with van der Waals surface area (Å²) in [6.45, 7) is 2.68. The van der Waals surface area contributed by atoms with Gasteiger partial charge in [0, 0.05) is 11.5 Å². The zero-order chi connectivity index (χ0) is 23.5. The first kappa shape index (κ1) is 22.5. The second-order valence-corrected chi connectivity index (χ2v) is 8.25. The molecule has 0 atom stereocenters. The molecule has 166 valence electrons. The minimum absolute atomic E-state index is 0.0100. The van der Waals surface area contributed by atoms with E-state index in [-0.39, 0.29) is 23.5 Å². The monoisotopic (exact) mass is 506 g/mol. The Balaban J connectivity index is 1.52. The van der Waals surface area contributed by atoms with Crippen molar-refractivity contribution in [2.24, 2.45) is 0 Å². The van der Waals surface area contributed by atoms with E-state index >= 15 is 0 Å². The third-order valence-corrected chi connectivity index (χ3v) is 5.66. The van der Waals surface area contributed by atoms with Crippen molar-refractivity contribution in [2.75, 3.05) is 6.61 Å². The van der Waals surface area contributed by atoms with Gasteiger partial charge in [0.2, 0.25) is 0 Å². The molecule has 0 aliphatic rings. The van der Waals surface area contributed by atoms with Crippen LogP contribution in [0.15, 0.2) is 80.4 Å². The summed E-state index contributed by atoms with van der Waals surface area (Å²) in [5, 5.41) is 0.596. The highest BCUT2D eigenvalue weighted by Crippen LogP contribution is 2.32. The Morgan fingerprint density at radius 2 is 1.67 bits per heavy atom. The second kappa shape index (κ2) is 9.42. The summed E-state index contributed by atoms with van der Waals surface area (Å²) in [6, 6.07) is 19.9. The quantitative estimate of drug-likeness (QED) is 0.144. The van der Waals surface area contributed by atoms with Gasteiger partial charge >= 0.3 is 11.6 Å². The van der Waals surface area contributed by atoms with Crippen molar-refractivity contribution in [1.29, 1.82) is 0 Å². The molecule has 0 unspecified atom stereocenters. The molecular formula is C26H19BrO6. The average Bonchev–Trinajstić information content (AvgIpc) is 2.78. The van der Waals surface area contributed by atoms with Crippen LogP contribution < -0.4 is 15.1 Å². The van der Waals surface area contributed by atoms with Gasteiger partial charge in [-0.15, -0.1) is 0 Å². The Bertz CT molecular complexity index is 1420. The molecule has 0 N–H and O–H groups in total. The highest BCUT2D eigenvalue weighted by Gasteiger charge is 2.20. The molecular weight excluding hydrogens is 488 g/mol. The lowest BCUT2D eigenvalue weighted by Crippen LogP contribution is -2.19. The molecule has 3 aromatic carbocycles. The molecule has 6 nitrogen and oxygen atoms in total. The van der Waals surface area contributed by atoms with Gasteiger partial charge in [-0.3, -0.25) is 4.79 Å². The van der Waals surface area contributed by atoms with Crippen molar-refractivity contribution >= 4 is 38.7 Å². The van der Waals surface area contributed by atoms with Crippen LogP contribution in [0.3, 0.4) is 0 Å². The van der Waals surface area contributed by atoms with Gasteiger partial charge in [0.15, 0.2) is 18.0 Å². The third-order valence-electron chi connectivity index (χ3n) is 5.04. The number of Topliss-reactive ketones (excluding diaryl/α,β-unsaturated/α-hetero) is 1. The predicted octanol–water partition coefficient (Wildman–Crippen LogP) is 5.72. The number of carbonyl (C=O) groups excluding carboxylic acids is 2. The largest absolute Gasteiger partial charge is 0.481 e. The molecule has 0 saturated carbocycles. The third kappa shape index (κ3) is 4.88. The van der Waals surface area contributed by atoms with Crippen LogP contribution in [0.25, 0.3) is 22.1 Å². The molecule has 0 amide bonds. The van der Waals surface area contributed by atoms with Crippen molar-refractivity contribution in [3.63, 3.8) is 0 Å². The van der Waals surface area contributed by atoms with E-state index in [9.17, 15) is 14.4 Å². The molecule has 4 aromatic rings. The number of hydrogen-bond acceptors (Lipinski definition) is 6. The summed E-state index contributed by atoms with van der Waals surface area (Å²) in [5.74, 6) is -0.613. The Kier molecular flexibility index (Phi) is 6.42. The fraction of sp³-hybridized carbons (Fsp3) is 0.115. The van der Waals surface area contributed by atoms with Crippen molar-refractivity contribution in [3.05, 3.63) is 92.7 Å². The van der Waals surface area contributed by atoms with E-state index in [1.807, 2.05) is 42.5 Å². The molecule has 0 fully saturated rings. The maximum Gasteiger partial charge on any atom is 0.349 e. The summed E-state index contributed by atoms with van der Waals surface area (Å²) >= 11 is 3.47. The van der Waals surface area contributed by atoms with Gasteiger partial charge < -0.3 is 13.9 Å². The Hall–Kier alpha value is -3.71. The van der Waals surface area contributed by atoms with Gasteiger partial charge in [-0.2, -0.15) is 0 Å². The van der Waals surface area contributed by atoms with Crippen LogP contribution in [0.5, 0.6) is 11.5 Å². The average molecular weight is 507 g/mol. The molecule has 4 rings (SSSR count). The summed E-state index contributed by atoms with van der Waals surface area (Å²) in [5.41, 5.74) is 2.26. The van der Waals surface area contributed by atoms with E-state index in [0.29, 0.717) is 21.2 Å². The van der Waals surface area contributed by atoms with E-state index in [0.717, 1.165) is 11.1 Å². The van der Waals surface area contributed by atoms with E-state index in [1.54, 1.807) is 19.1 Å². The Morgan fingerprint density at radius 1 is 0.939 bits per heavy atom. The Labute approximate surface area is 197 Å². The first-order chi connectivity index (χ1) is 15.8. The van der Waals surface area contributed by atoms with Crippen molar-refractivity contribution < 1.29 is 23.5 Å². The van der Waals surface area contributed by atoms with Crippen molar-refractivity contribution in [3.8, 4) is 22.6 Å². The fourth-order valence-corrected chi connectivity index (χ4v) is 3.99. The zero-order valence-corrected chi connectivity index (χ0v) is 19.5. The number of aryl methyl sites for hydroxylation is 1. The molecule has 0 spiro atoms. The molecule has 0 aliphatic carbocycles. The van der Waals surface area contributed by atoms with Crippen molar-refractivity contribution in [2.45, 2.75) is 13.8 Å². The minimum atomic E-state index is -0.703. The zero-order valence-electron chi connectivity index (χ0n) is 17.9. The van der Waals surface area contributed by atoms with E-state index < -0.39 is 17.4 Å². The second-order valence-electron chi connectivity index (χ2n) is 7.39. The number of rotatable bonds is 6. The lowest BCUT2D eigenvalue weighted by molar-refractivity contribution is -0.136. The lowest BCUT2D eigenvalue weighted by Gasteiger charge is -2.12. The number of benzene rings is 3. The van der Waals surface area contributed by atoms with Crippen LogP contribution in [0, 0.1) is 6.92 Å². The molecule has 7 heteroatoms. The molecule has 0 aliphatic heterocycles. The van der Waals surface area contributed by atoms with Gasteiger partial charge in [-0.05, 0) is 70.7 Å². The van der Waals surface area contributed by atoms with Crippen LogP contribution in [0.1, 0.15) is 22.8 Å². The number of ether oxygens (including phenoxy) is 2. The minimum Gasteiger partial charge on any atom is -0.481 e. The first-order valence-electron chi connectivity index (χ1n) is 10.1. The van der Waals surface area contributed by atoms with Crippen molar-refractivity contribution in [1.82, 2.24) is 0 Å². The number of esters is 1. The molecule has 0 saturated heterocycles. The normalized spacial score (nSPS) is 10.8. The molecule has 0 radical (unpaired) electrons. The van der Waals surface area contributed by atoms with E-state index in [4.69, 9.17) is 13.9 Å². The van der Waals surface area contributed by atoms with Gasteiger partial charge in [-0.25, -0.2) is 9.59 Å². The lowest BCUT2D eigenvalue weighted by atomic mass is 10.0. The number of halogens is 1. The highest BCUT2D eigenvalue weighted by atomic mass is 79.9. The molecule has 1 aromatic heterocycles. The van der Waals surface area contributed by atoms with Crippen LogP contribution >= 0.6 is 15.9 Å². The predicted molar refractivity (Wildman–Crippen MR) is 128 cm³/mol. The highest BCUT2D eigenvalue weighted by molar-refractivity contribution is 9.10. The number of carbonyl (C=O) groups is 2. The van der Waals surface area contributed by atoms with Gasteiger partial charge in [-0.1, -0.05) is 36.4 Å². The summed E-state index contributed by atoms with van der Waals surface area (Å²) in [6.07, 6.45) is 0. The number of ketones is 1. The standard InChI is InChI=1S/C26H19BrO6/c1-15-12-23(29)33-26-19(15)9-11-22(25(26)16(2)28)32-24(30)14-31-21-10-8-18(13-20(21)27)17-6-4-3-5-7-17/h3-13H,14H2,1-2H3. The molecule has 0 bridgehead atoms.